The third kappa shape index (κ3) is 3.92. The first-order chi connectivity index (χ1) is 8.62. The fraction of sp³-hybridized carbons (Fsp3) is 0.462. The zero-order chi connectivity index (χ0) is 13.5. The topological polar surface area (TPSA) is 67.2 Å². The molecule has 0 radical (unpaired) electrons. The van der Waals surface area contributed by atoms with Gasteiger partial charge in [-0.1, -0.05) is 18.6 Å². The van der Waals surface area contributed by atoms with Gasteiger partial charge in [-0.25, -0.2) is 0 Å². The van der Waals surface area contributed by atoms with Gasteiger partial charge in [0.25, 0.3) is 5.91 Å². The van der Waals surface area contributed by atoms with Gasteiger partial charge in [0.05, 0.1) is 11.3 Å². The Morgan fingerprint density at radius 1 is 1.50 bits per heavy atom. The molecule has 0 spiro atoms. The summed E-state index contributed by atoms with van der Waals surface area (Å²) in [5.74, 6) is 6.27. The van der Waals surface area contributed by atoms with Crippen LogP contribution in [0, 0.1) is 6.92 Å². The molecule has 0 heterocycles. The number of anilines is 1. The Labute approximate surface area is 113 Å². The third-order valence-corrected chi connectivity index (χ3v) is 3.51. The molecule has 5 heteroatoms. The predicted molar refractivity (Wildman–Crippen MR) is 78.9 cm³/mol. The number of thioether (sulfide) groups is 1. The zero-order valence-corrected chi connectivity index (χ0v) is 11.9. The lowest BCUT2D eigenvalue weighted by atomic mass is 10.1. The Kier molecular flexibility index (Phi) is 6.01. The Morgan fingerprint density at radius 2 is 2.22 bits per heavy atom. The molecular formula is C13H21N3OS. The van der Waals surface area contributed by atoms with Crippen molar-refractivity contribution in [1.82, 2.24) is 5.32 Å². The molecule has 0 saturated heterocycles. The maximum atomic E-state index is 12.2. The fourth-order valence-corrected chi connectivity index (χ4v) is 2.42. The quantitative estimate of drug-likeness (QED) is 0.546. The molecular weight excluding hydrogens is 246 g/mol. The smallest absolute Gasteiger partial charge is 0.253 e. The zero-order valence-electron chi connectivity index (χ0n) is 11.1. The molecule has 0 aromatic heterocycles. The number of rotatable bonds is 6. The Bertz CT molecular complexity index is 409. The van der Waals surface area contributed by atoms with Crippen molar-refractivity contribution in [3.05, 3.63) is 29.3 Å². The van der Waals surface area contributed by atoms with Crippen LogP contribution in [0.25, 0.3) is 0 Å². The van der Waals surface area contributed by atoms with E-state index in [1.807, 2.05) is 31.4 Å². The minimum atomic E-state index is -0.0763. The number of nitrogens with two attached hydrogens (primary N) is 1. The summed E-state index contributed by atoms with van der Waals surface area (Å²) < 4.78 is 0. The van der Waals surface area contributed by atoms with Gasteiger partial charge in [0.15, 0.2) is 0 Å². The van der Waals surface area contributed by atoms with E-state index in [-0.39, 0.29) is 11.9 Å². The van der Waals surface area contributed by atoms with Crippen LogP contribution in [-0.4, -0.2) is 24.0 Å². The van der Waals surface area contributed by atoms with Crippen molar-refractivity contribution in [2.24, 2.45) is 5.84 Å². The standard InChI is InChI=1S/C13H21N3OS/c1-4-10(8-18-3)15-13(17)11-7-9(2)5-6-12(11)16-14/h5-7,10,16H,4,8,14H2,1-3H3,(H,15,17). The normalized spacial score (nSPS) is 12.0. The molecule has 18 heavy (non-hydrogen) atoms. The van der Waals surface area contributed by atoms with Crippen molar-refractivity contribution in [3.8, 4) is 0 Å². The van der Waals surface area contributed by atoms with Crippen molar-refractivity contribution in [2.75, 3.05) is 17.4 Å². The third-order valence-electron chi connectivity index (χ3n) is 2.77. The van der Waals surface area contributed by atoms with E-state index in [9.17, 15) is 4.79 Å². The first-order valence-electron chi connectivity index (χ1n) is 5.99. The highest BCUT2D eigenvalue weighted by atomic mass is 32.2. The number of hydrogen-bond acceptors (Lipinski definition) is 4. The average Bonchev–Trinajstić information content (AvgIpc) is 2.38. The van der Waals surface area contributed by atoms with Gasteiger partial charge in [-0.15, -0.1) is 0 Å². The van der Waals surface area contributed by atoms with Gasteiger partial charge in [-0.3, -0.25) is 10.6 Å². The SMILES string of the molecule is CCC(CSC)NC(=O)c1cc(C)ccc1NN. The van der Waals surface area contributed by atoms with Crippen LogP contribution in [0.5, 0.6) is 0 Å². The van der Waals surface area contributed by atoms with Crippen LogP contribution in [0.2, 0.25) is 0 Å². The van der Waals surface area contributed by atoms with E-state index in [2.05, 4.69) is 17.7 Å². The van der Waals surface area contributed by atoms with Crippen molar-refractivity contribution in [1.29, 1.82) is 0 Å². The number of hydrogen-bond donors (Lipinski definition) is 3. The first-order valence-corrected chi connectivity index (χ1v) is 7.38. The van der Waals surface area contributed by atoms with Crippen molar-refractivity contribution in [2.45, 2.75) is 26.3 Å². The molecule has 1 aromatic rings. The second-order valence-electron chi connectivity index (χ2n) is 4.23. The van der Waals surface area contributed by atoms with Gasteiger partial charge >= 0.3 is 0 Å². The number of nitrogen functional groups attached to an aromatic ring is 1. The summed E-state index contributed by atoms with van der Waals surface area (Å²) in [6.45, 7) is 4.02. The molecule has 0 bridgehead atoms. The number of amides is 1. The van der Waals surface area contributed by atoms with Crippen LogP contribution in [0.4, 0.5) is 5.69 Å². The highest BCUT2D eigenvalue weighted by Crippen LogP contribution is 2.16. The van der Waals surface area contributed by atoms with Crippen LogP contribution in [0.3, 0.4) is 0 Å². The van der Waals surface area contributed by atoms with Crippen molar-refractivity contribution in [3.63, 3.8) is 0 Å². The van der Waals surface area contributed by atoms with E-state index < -0.39 is 0 Å². The van der Waals surface area contributed by atoms with Crippen LogP contribution < -0.4 is 16.6 Å². The average molecular weight is 267 g/mol. The van der Waals surface area contributed by atoms with Crippen LogP contribution >= 0.6 is 11.8 Å². The first kappa shape index (κ1) is 14.9. The largest absolute Gasteiger partial charge is 0.348 e. The summed E-state index contributed by atoms with van der Waals surface area (Å²) >= 11 is 1.73. The van der Waals surface area contributed by atoms with E-state index in [1.165, 1.54) is 0 Å². The monoisotopic (exact) mass is 267 g/mol. The van der Waals surface area contributed by atoms with E-state index in [0.29, 0.717) is 11.3 Å². The summed E-state index contributed by atoms with van der Waals surface area (Å²) in [5, 5.41) is 3.03. The Balaban J connectivity index is 2.85. The molecule has 0 aliphatic carbocycles. The second kappa shape index (κ2) is 7.28. The van der Waals surface area contributed by atoms with E-state index in [0.717, 1.165) is 17.7 Å². The molecule has 0 aliphatic heterocycles. The summed E-state index contributed by atoms with van der Waals surface area (Å²) in [7, 11) is 0. The molecule has 1 unspecified atom stereocenters. The summed E-state index contributed by atoms with van der Waals surface area (Å²) in [4.78, 5) is 12.2. The summed E-state index contributed by atoms with van der Waals surface area (Å²) in [6.07, 6.45) is 2.96. The molecule has 1 amide bonds. The van der Waals surface area contributed by atoms with Gasteiger partial charge in [-0.05, 0) is 31.7 Å². The van der Waals surface area contributed by atoms with Gasteiger partial charge in [-0.2, -0.15) is 11.8 Å². The van der Waals surface area contributed by atoms with E-state index in [1.54, 1.807) is 11.8 Å². The molecule has 1 rings (SSSR count). The maximum absolute atomic E-state index is 12.2. The molecule has 4 nitrogen and oxygen atoms in total. The number of carbonyl (C=O) groups is 1. The molecule has 0 saturated carbocycles. The minimum absolute atomic E-state index is 0.0763. The van der Waals surface area contributed by atoms with Crippen molar-refractivity contribution < 1.29 is 4.79 Å². The highest BCUT2D eigenvalue weighted by Gasteiger charge is 2.15. The van der Waals surface area contributed by atoms with E-state index in [4.69, 9.17) is 5.84 Å². The lowest BCUT2D eigenvalue weighted by Gasteiger charge is -2.17. The second-order valence-corrected chi connectivity index (χ2v) is 5.14. The summed E-state index contributed by atoms with van der Waals surface area (Å²) in [6, 6.07) is 5.78. The molecule has 0 aliphatic rings. The van der Waals surface area contributed by atoms with Crippen LogP contribution in [-0.2, 0) is 0 Å². The van der Waals surface area contributed by atoms with Gasteiger partial charge in [0.2, 0.25) is 0 Å². The number of carbonyl (C=O) groups excluding carboxylic acids is 1. The molecule has 1 atom stereocenters. The Hall–Kier alpha value is -1.20. The van der Waals surface area contributed by atoms with Crippen LogP contribution in [0.1, 0.15) is 29.3 Å². The number of hydrazine groups is 1. The van der Waals surface area contributed by atoms with Crippen molar-refractivity contribution >= 4 is 23.4 Å². The summed E-state index contributed by atoms with van der Waals surface area (Å²) in [5.41, 5.74) is 4.84. The molecule has 100 valence electrons. The molecule has 1 aromatic carbocycles. The lowest BCUT2D eigenvalue weighted by molar-refractivity contribution is 0.0940. The fourth-order valence-electron chi connectivity index (χ4n) is 1.70. The molecule has 0 fully saturated rings. The van der Waals surface area contributed by atoms with Gasteiger partial charge in [0.1, 0.15) is 0 Å². The predicted octanol–water partition coefficient (Wildman–Crippen LogP) is 2.15. The number of nitrogens with one attached hydrogen (secondary N) is 2. The maximum Gasteiger partial charge on any atom is 0.253 e. The number of aryl methyl sites for hydroxylation is 1. The van der Waals surface area contributed by atoms with Gasteiger partial charge in [0, 0.05) is 11.8 Å². The minimum Gasteiger partial charge on any atom is -0.348 e. The Morgan fingerprint density at radius 3 is 2.78 bits per heavy atom. The lowest BCUT2D eigenvalue weighted by Crippen LogP contribution is -2.36. The number of benzene rings is 1. The highest BCUT2D eigenvalue weighted by molar-refractivity contribution is 7.98. The van der Waals surface area contributed by atoms with Gasteiger partial charge < -0.3 is 10.7 Å². The van der Waals surface area contributed by atoms with E-state index >= 15 is 0 Å². The molecule has 4 N–H and O–H groups in total. The van der Waals surface area contributed by atoms with Crippen LogP contribution in [0.15, 0.2) is 18.2 Å².